The lowest BCUT2D eigenvalue weighted by atomic mass is 9.85. The Labute approximate surface area is 162 Å². The maximum atomic E-state index is 11.6. The first-order valence-electron chi connectivity index (χ1n) is 7.09. The zero-order chi connectivity index (χ0) is 22.3. The van der Waals surface area contributed by atoms with Gasteiger partial charge in [-0.05, 0) is 0 Å². The van der Waals surface area contributed by atoms with Gasteiger partial charge >= 0.3 is 0 Å². The van der Waals surface area contributed by atoms with E-state index in [0.717, 1.165) is 0 Å². The largest absolute Gasteiger partial charge is 0.387 e. The van der Waals surface area contributed by atoms with Gasteiger partial charge in [0.2, 0.25) is 0 Å². The normalized spacial score (nSPS) is 32.9. The Morgan fingerprint density at radius 3 is 0.821 bits per heavy atom. The van der Waals surface area contributed by atoms with Crippen molar-refractivity contribution < 1.29 is 60.6 Å². The SMILES string of the molecule is CS(=O)(=O)O[C@@H]1[C@H](OS(C)(=O)=O)[C@@H](OS(C)(=O)=O)[C@H](O)[C@H](O)[C@@H]1OS(C)(=O)=O. The molecule has 168 valence electrons. The molecule has 1 aliphatic carbocycles. The van der Waals surface area contributed by atoms with Gasteiger partial charge in [-0.15, -0.1) is 0 Å². The fourth-order valence-electron chi connectivity index (χ4n) is 2.40. The Balaban J connectivity index is 3.62. The van der Waals surface area contributed by atoms with Crippen LogP contribution in [0.1, 0.15) is 0 Å². The Kier molecular flexibility index (Phi) is 7.64. The summed E-state index contributed by atoms with van der Waals surface area (Å²) in [6.45, 7) is 0. The minimum absolute atomic E-state index is 0.506. The molecule has 0 heterocycles. The average Bonchev–Trinajstić information content (AvgIpc) is 2.39. The third-order valence-corrected chi connectivity index (χ3v) is 5.43. The highest BCUT2D eigenvalue weighted by atomic mass is 32.2. The van der Waals surface area contributed by atoms with Gasteiger partial charge in [-0.25, -0.2) is 0 Å². The summed E-state index contributed by atoms with van der Waals surface area (Å²) >= 11 is 0. The van der Waals surface area contributed by atoms with Crippen LogP contribution in [0.5, 0.6) is 0 Å². The van der Waals surface area contributed by atoms with Crippen molar-refractivity contribution in [3.05, 3.63) is 0 Å². The fourth-order valence-corrected chi connectivity index (χ4v) is 4.90. The molecule has 0 amide bonds. The third-order valence-electron chi connectivity index (χ3n) is 3.14. The summed E-state index contributed by atoms with van der Waals surface area (Å²) in [5, 5.41) is 20.3. The van der Waals surface area contributed by atoms with E-state index in [2.05, 4.69) is 16.7 Å². The second-order valence-electron chi connectivity index (χ2n) is 6.04. The molecule has 0 aromatic heterocycles. The van der Waals surface area contributed by atoms with Gasteiger partial charge in [0.1, 0.15) is 36.6 Å². The molecule has 14 nitrogen and oxygen atoms in total. The second kappa shape index (κ2) is 8.36. The summed E-state index contributed by atoms with van der Waals surface area (Å²) in [5.41, 5.74) is 0. The second-order valence-corrected chi connectivity index (χ2v) is 12.4. The monoisotopic (exact) mass is 492 g/mol. The molecule has 0 bridgehead atoms. The molecule has 0 aromatic carbocycles. The Morgan fingerprint density at radius 1 is 0.464 bits per heavy atom. The highest BCUT2D eigenvalue weighted by Crippen LogP contribution is 2.33. The van der Waals surface area contributed by atoms with Crippen LogP contribution < -0.4 is 0 Å². The summed E-state index contributed by atoms with van der Waals surface area (Å²) in [4.78, 5) is 0. The van der Waals surface area contributed by atoms with Crippen molar-refractivity contribution in [1.82, 2.24) is 0 Å². The standard InChI is InChI=1S/C10H20O14S4/c1-25(13,14)21-7-5(11)6(12)8(22-26(2,15)16)10(24-28(4,19)20)9(7)23-27(3,17)18/h5-12H,1-4H3/t5-,6+,7-,8-,9-,10+/m0/s1. The molecule has 0 spiro atoms. The van der Waals surface area contributed by atoms with Gasteiger partial charge in [-0.2, -0.15) is 33.7 Å². The molecule has 0 aliphatic heterocycles. The highest BCUT2D eigenvalue weighted by molar-refractivity contribution is 7.86. The van der Waals surface area contributed by atoms with E-state index < -0.39 is 77.1 Å². The molecule has 0 unspecified atom stereocenters. The van der Waals surface area contributed by atoms with Crippen LogP contribution >= 0.6 is 0 Å². The summed E-state index contributed by atoms with van der Waals surface area (Å²) in [7, 11) is -17.7. The Bertz CT molecular complexity index is 897. The van der Waals surface area contributed by atoms with Crippen molar-refractivity contribution in [3.8, 4) is 0 Å². The van der Waals surface area contributed by atoms with Gasteiger partial charge in [0.15, 0.2) is 0 Å². The predicted octanol–water partition coefficient (Wildman–Crippen LogP) is -3.90. The highest BCUT2D eigenvalue weighted by Gasteiger charge is 2.57. The van der Waals surface area contributed by atoms with Gasteiger partial charge in [0.25, 0.3) is 40.5 Å². The number of aliphatic hydroxyl groups is 2. The first kappa shape index (κ1) is 25.6. The summed E-state index contributed by atoms with van der Waals surface area (Å²) in [6.07, 6.45) is -11.3. The van der Waals surface area contributed by atoms with Crippen molar-refractivity contribution in [1.29, 1.82) is 0 Å². The molecule has 2 N–H and O–H groups in total. The van der Waals surface area contributed by atoms with E-state index in [9.17, 15) is 43.9 Å². The third kappa shape index (κ3) is 8.13. The van der Waals surface area contributed by atoms with Crippen molar-refractivity contribution in [3.63, 3.8) is 0 Å². The summed E-state index contributed by atoms with van der Waals surface area (Å²) in [5.74, 6) is 0. The van der Waals surface area contributed by atoms with E-state index in [0.29, 0.717) is 25.0 Å². The van der Waals surface area contributed by atoms with Crippen LogP contribution in [0.15, 0.2) is 0 Å². The topological polar surface area (TPSA) is 214 Å². The average molecular weight is 493 g/mol. The predicted molar refractivity (Wildman–Crippen MR) is 90.9 cm³/mol. The van der Waals surface area contributed by atoms with Crippen LogP contribution in [0, 0.1) is 0 Å². The van der Waals surface area contributed by atoms with E-state index in [1.54, 1.807) is 0 Å². The molecule has 28 heavy (non-hydrogen) atoms. The molecule has 18 heteroatoms. The van der Waals surface area contributed by atoms with Crippen LogP contribution in [0.2, 0.25) is 0 Å². The van der Waals surface area contributed by atoms with Gasteiger partial charge in [-0.3, -0.25) is 16.7 Å². The lowest BCUT2D eigenvalue weighted by Gasteiger charge is -2.44. The number of rotatable bonds is 8. The molecule has 1 aliphatic rings. The zero-order valence-electron chi connectivity index (χ0n) is 14.9. The molecular weight excluding hydrogens is 472 g/mol. The zero-order valence-corrected chi connectivity index (χ0v) is 18.2. The molecule has 1 fully saturated rings. The van der Waals surface area contributed by atoms with Crippen molar-refractivity contribution in [2.45, 2.75) is 36.6 Å². The van der Waals surface area contributed by atoms with E-state index in [1.807, 2.05) is 0 Å². The van der Waals surface area contributed by atoms with E-state index in [4.69, 9.17) is 0 Å². The van der Waals surface area contributed by atoms with Gasteiger partial charge in [-0.1, -0.05) is 0 Å². The molecule has 0 aromatic rings. The first-order chi connectivity index (χ1) is 12.2. The van der Waals surface area contributed by atoms with Crippen LogP contribution in [0.3, 0.4) is 0 Å². The lowest BCUT2D eigenvalue weighted by Crippen LogP contribution is -2.67. The van der Waals surface area contributed by atoms with Crippen LogP contribution in [-0.2, 0) is 57.2 Å². The van der Waals surface area contributed by atoms with Crippen molar-refractivity contribution in [2.24, 2.45) is 0 Å². The minimum Gasteiger partial charge on any atom is -0.387 e. The fraction of sp³-hybridized carbons (Fsp3) is 1.00. The molecular formula is C10H20O14S4. The molecule has 0 radical (unpaired) electrons. The maximum Gasteiger partial charge on any atom is 0.264 e. The molecule has 0 saturated heterocycles. The number of hydrogen-bond acceptors (Lipinski definition) is 14. The van der Waals surface area contributed by atoms with E-state index in [1.165, 1.54) is 0 Å². The van der Waals surface area contributed by atoms with Crippen LogP contribution in [0.25, 0.3) is 0 Å². The van der Waals surface area contributed by atoms with Crippen molar-refractivity contribution >= 4 is 40.5 Å². The maximum absolute atomic E-state index is 11.6. The quantitative estimate of drug-likeness (QED) is 0.310. The molecule has 1 rings (SSSR count). The summed E-state index contributed by atoms with van der Waals surface area (Å²) < 4.78 is 110. The number of hydrogen-bond donors (Lipinski definition) is 2. The van der Waals surface area contributed by atoms with E-state index >= 15 is 0 Å². The Hall–Kier alpha value is -0.440. The van der Waals surface area contributed by atoms with Gasteiger partial charge in [0, 0.05) is 0 Å². The smallest absolute Gasteiger partial charge is 0.264 e. The van der Waals surface area contributed by atoms with Crippen LogP contribution in [0.4, 0.5) is 0 Å². The lowest BCUT2D eigenvalue weighted by molar-refractivity contribution is -0.193. The van der Waals surface area contributed by atoms with Gasteiger partial charge in [0.05, 0.1) is 25.0 Å². The Morgan fingerprint density at radius 2 is 0.643 bits per heavy atom. The summed E-state index contributed by atoms with van der Waals surface area (Å²) in [6, 6.07) is 0. The first-order valence-corrected chi connectivity index (χ1v) is 14.4. The number of aliphatic hydroxyl groups excluding tert-OH is 2. The minimum atomic E-state index is -4.46. The van der Waals surface area contributed by atoms with Gasteiger partial charge < -0.3 is 10.2 Å². The molecule has 6 atom stereocenters. The molecule has 1 saturated carbocycles. The van der Waals surface area contributed by atoms with E-state index in [-0.39, 0.29) is 0 Å². The van der Waals surface area contributed by atoms with Crippen molar-refractivity contribution in [2.75, 3.05) is 25.0 Å². The van der Waals surface area contributed by atoms with Crippen LogP contribution in [-0.4, -0.2) is 106 Å².